The number of hydrogen-bond acceptors (Lipinski definition) is 5. The number of nitrogens with zero attached hydrogens (tertiary/aromatic N) is 1. The molecule has 1 aliphatic heterocycles. The minimum Gasteiger partial charge on any atom is -0.394 e. The van der Waals surface area contributed by atoms with Crippen molar-refractivity contribution in [2.75, 3.05) is 30.9 Å². The van der Waals surface area contributed by atoms with Gasteiger partial charge in [-0.3, -0.25) is 4.79 Å². The summed E-state index contributed by atoms with van der Waals surface area (Å²) in [6, 6.07) is -0.294. The Bertz CT molecular complexity index is 387. The highest BCUT2D eigenvalue weighted by molar-refractivity contribution is 7.98. The minimum atomic E-state index is -4.55. The van der Waals surface area contributed by atoms with Gasteiger partial charge in [-0.25, -0.2) is 0 Å². The van der Waals surface area contributed by atoms with E-state index in [9.17, 15) is 22.2 Å². The average molecular weight is 299 g/mol. The fourth-order valence-corrected chi connectivity index (χ4v) is 3.45. The van der Waals surface area contributed by atoms with E-state index in [0.717, 1.165) is 5.75 Å². The summed E-state index contributed by atoms with van der Waals surface area (Å²) >= 11 is 1.61. The summed E-state index contributed by atoms with van der Waals surface area (Å²) in [5.74, 6) is -0.517. The number of likely N-dealkylation sites (tertiary alicyclic amines) is 1. The second-order valence-electron chi connectivity index (χ2n) is 4.44. The Balaban J connectivity index is 2.59. The molecule has 1 N–H and O–H groups in total. The zero-order valence-corrected chi connectivity index (χ0v) is 11.8. The highest BCUT2D eigenvalue weighted by Crippen LogP contribution is 2.23. The fraction of sp³-hybridized carbons (Fsp3) is 0.900. The van der Waals surface area contributed by atoms with E-state index in [1.54, 1.807) is 11.8 Å². The topological polar surface area (TPSA) is 74.7 Å². The third-order valence-corrected chi connectivity index (χ3v) is 4.49. The van der Waals surface area contributed by atoms with Crippen LogP contribution >= 0.6 is 11.8 Å². The van der Waals surface area contributed by atoms with Crippen molar-refractivity contribution in [3.8, 4) is 0 Å². The van der Waals surface area contributed by atoms with E-state index in [0.29, 0.717) is 6.42 Å². The first-order valence-corrected chi connectivity index (χ1v) is 8.63. The quantitative estimate of drug-likeness (QED) is 0.682. The Morgan fingerprint density at radius 1 is 1.61 bits per heavy atom. The number of rotatable bonds is 7. The summed E-state index contributed by atoms with van der Waals surface area (Å²) in [5, 5.41) is 9.25. The maximum Gasteiger partial charge on any atom is 0.302 e. The molecule has 1 rings (SSSR count). The summed E-state index contributed by atoms with van der Waals surface area (Å²) in [5.41, 5.74) is 0. The van der Waals surface area contributed by atoms with Crippen LogP contribution in [0.25, 0.3) is 0 Å². The van der Waals surface area contributed by atoms with Crippen LogP contribution in [0.4, 0.5) is 3.89 Å². The van der Waals surface area contributed by atoms with E-state index in [1.165, 1.54) is 4.90 Å². The van der Waals surface area contributed by atoms with Crippen molar-refractivity contribution in [2.45, 2.75) is 18.9 Å². The molecule has 106 valence electrons. The average Bonchev–Trinajstić information content (AvgIpc) is 2.58. The smallest absolute Gasteiger partial charge is 0.302 e. The van der Waals surface area contributed by atoms with Crippen LogP contribution in [0.5, 0.6) is 0 Å². The molecule has 0 saturated carbocycles. The van der Waals surface area contributed by atoms with Crippen LogP contribution in [0.15, 0.2) is 0 Å². The van der Waals surface area contributed by atoms with E-state index in [1.807, 2.05) is 6.26 Å². The van der Waals surface area contributed by atoms with Crippen LogP contribution in [0, 0.1) is 5.92 Å². The maximum absolute atomic E-state index is 12.6. The van der Waals surface area contributed by atoms with E-state index in [2.05, 4.69) is 0 Å². The molecular formula is C10H18FNO4S2. The van der Waals surface area contributed by atoms with Gasteiger partial charge in [0.05, 0.1) is 18.4 Å². The monoisotopic (exact) mass is 299 g/mol. The van der Waals surface area contributed by atoms with Gasteiger partial charge in [-0.2, -0.15) is 20.2 Å². The van der Waals surface area contributed by atoms with E-state index in [4.69, 9.17) is 0 Å². The zero-order chi connectivity index (χ0) is 13.8. The van der Waals surface area contributed by atoms with Gasteiger partial charge >= 0.3 is 10.2 Å². The number of thioether (sulfide) groups is 1. The molecule has 0 aliphatic carbocycles. The van der Waals surface area contributed by atoms with E-state index >= 15 is 0 Å². The Morgan fingerprint density at radius 2 is 2.28 bits per heavy atom. The first-order chi connectivity index (χ1) is 8.37. The minimum absolute atomic E-state index is 0.0406. The number of amides is 1. The molecule has 0 aromatic carbocycles. The number of aliphatic hydroxyl groups excluding tert-OH is 1. The van der Waals surface area contributed by atoms with Crippen molar-refractivity contribution >= 4 is 27.9 Å². The Kier molecular flexibility index (Phi) is 5.87. The normalized spacial score (nSPS) is 22.5. The predicted molar refractivity (Wildman–Crippen MR) is 68.6 cm³/mol. The Labute approximate surface area is 111 Å². The molecule has 1 amide bonds. The number of carbonyl (C=O) groups is 1. The molecule has 1 unspecified atom stereocenters. The molecule has 2 atom stereocenters. The lowest BCUT2D eigenvalue weighted by Crippen LogP contribution is -2.39. The zero-order valence-electron chi connectivity index (χ0n) is 10.2. The second kappa shape index (κ2) is 6.72. The molecule has 0 aromatic heterocycles. The number of aliphatic hydroxyl groups is 1. The largest absolute Gasteiger partial charge is 0.394 e. The van der Waals surface area contributed by atoms with Crippen molar-refractivity contribution in [3.05, 3.63) is 0 Å². The van der Waals surface area contributed by atoms with Gasteiger partial charge in [0.25, 0.3) is 0 Å². The highest BCUT2D eigenvalue weighted by Gasteiger charge is 2.36. The van der Waals surface area contributed by atoms with E-state index < -0.39 is 21.9 Å². The molecule has 1 saturated heterocycles. The third-order valence-electron chi connectivity index (χ3n) is 2.98. The first kappa shape index (κ1) is 15.7. The first-order valence-electron chi connectivity index (χ1n) is 5.69. The van der Waals surface area contributed by atoms with Gasteiger partial charge in [-0.15, -0.1) is 3.89 Å². The van der Waals surface area contributed by atoms with Crippen molar-refractivity contribution in [1.82, 2.24) is 4.90 Å². The van der Waals surface area contributed by atoms with Crippen LogP contribution < -0.4 is 0 Å². The van der Waals surface area contributed by atoms with E-state index in [-0.39, 0.29) is 31.5 Å². The summed E-state index contributed by atoms with van der Waals surface area (Å²) in [7, 11) is -4.55. The lowest BCUT2D eigenvalue weighted by atomic mass is 10.1. The Morgan fingerprint density at radius 3 is 2.78 bits per heavy atom. The number of hydrogen-bond donors (Lipinski definition) is 1. The number of carbonyl (C=O) groups excluding carboxylic acids is 1. The van der Waals surface area contributed by atoms with Crippen molar-refractivity contribution < 1.29 is 22.2 Å². The third kappa shape index (κ3) is 4.74. The van der Waals surface area contributed by atoms with Crippen LogP contribution in [-0.2, 0) is 15.0 Å². The SMILES string of the molecule is CSCC[C@@H](CO)N1CC(CS(=O)(=O)F)CC1=O. The van der Waals surface area contributed by atoms with Gasteiger partial charge in [0, 0.05) is 18.9 Å². The molecule has 1 heterocycles. The Hall–Kier alpha value is -0.340. The molecule has 1 aliphatic rings. The van der Waals surface area contributed by atoms with Gasteiger partial charge in [0.2, 0.25) is 5.91 Å². The lowest BCUT2D eigenvalue weighted by molar-refractivity contribution is -0.130. The molecule has 0 radical (unpaired) electrons. The van der Waals surface area contributed by atoms with Crippen molar-refractivity contribution in [1.29, 1.82) is 0 Å². The van der Waals surface area contributed by atoms with Crippen LogP contribution in [0.3, 0.4) is 0 Å². The van der Waals surface area contributed by atoms with Crippen molar-refractivity contribution in [3.63, 3.8) is 0 Å². The van der Waals surface area contributed by atoms with Gasteiger partial charge in [-0.1, -0.05) is 0 Å². The molecule has 0 bridgehead atoms. The summed E-state index contributed by atoms with van der Waals surface area (Å²) in [4.78, 5) is 13.2. The van der Waals surface area contributed by atoms with Crippen LogP contribution in [0.2, 0.25) is 0 Å². The van der Waals surface area contributed by atoms with Gasteiger partial charge in [0.1, 0.15) is 0 Å². The lowest BCUT2D eigenvalue weighted by Gasteiger charge is -2.26. The molecular weight excluding hydrogens is 281 g/mol. The molecule has 18 heavy (non-hydrogen) atoms. The van der Waals surface area contributed by atoms with Gasteiger partial charge in [-0.05, 0) is 18.4 Å². The molecule has 5 nitrogen and oxygen atoms in total. The van der Waals surface area contributed by atoms with Crippen LogP contribution in [-0.4, -0.2) is 61.3 Å². The van der Waals surface area contributed by atoms with Crippen LogP contribution in [0.1, 0.15) is 12.8 Å². The highest BCUT2D eigenvalue weighted by atomic mass is 32.3. The molecule has 0 spiro atoms. The number of halogens is 1. The standard InChI is InChI=1S/C10H18FNO4S2/c1-17-3-2-9(6-13)12-5-8(4-10(12)14)7-18(11,15)16/h8-9,13H,2-7H2,1H3/t8?,9-/m0/s1. The van der Waals surface area contributed by atoms with Gasteiger partial charge < -0.3 is 10.0 Å². The predicted octanol–water partition coefficient (Wildman–Crippen LogP) is 0.248. The summed E-state index contributed by atoms with van der Waals surface area (Å²) in [6.07, 6.45) is 2.62. The van der Waals surface area contributed by atoms with Crippen molar-refractivity contribution in [2.24, 2.45) is 5.92 Å². The molecule has 8 heteroatoms. The second-order valence-corrected chi connectivity index (χ2v) is 6.84. The molecule has 0 aromatic rings. The summed E-state index contributed by atoms with van der Waals surface area (Å²) < 4.78 is 33.7. The fourth-order valence-electron chi connectivity index (χ4n) is 2.15. The summed E-state index contributed by atoms with van der Waals surface area (Å²) in [6.45, 7) is 0.0585. The molecule has 1 fully saturated rings. The van der Waals surface area contributed by atoms with Gasteiger partial charge in [0.15, 0.2) is 0 Å². The maximum atomic E-state index is 12.6.